The summed E-state index contributed by atoms with van der Waals surface area (Å²) < 4.78 is 80.0. The zero-order valence-corrected chi connectivity index (χ0v) is 20.4. The summed E-state index contributed by atoms with van der Waals surface area (Å²) in [5, 5.41) is 3.95. The summed E-state index contributed by atoms with van der Waals surface area (Å²) in [5.41, 5.74) is -0.406. The Morgan fingerprint density at radius 1 is 0.974 bits per heavy atom. The molecule has 38 heavy (non-hydrogen) atoms. The number of sulfonamides is 1. The van der Waals surface area contributed by atoms with Gasteiger partial charge in [-0.25, -0.2) is 8.42 Å². The highest BCUT2D eigenvalue weighted by Gasteiger charge is 2.33. The molecule has 3 aromatic carbocycles. The lowest BCUT2D eigenvalue weighted by Gasteiger charge is -2.17. The molecule has 0 aliphatic rings. The number of hydrogen-bond acceptors (Lipinski definition) is 6. The zero-order chi connectivity index (χ0) is 27.1. The Morgan fingerprint density at radius 2 is 1.76 bits per heavy atom. The molecular formula is C26H18F3N3O5S. The number of nitrogens with one attached hydrogen (secondary N) is 1. The maximum atomic E-state index is 13.6. The first-order chi connectivity index (χ1) is 18.1. The molecule has 2 heterocycles. The SMILES string of the molecule is COc1cc(-c2ccccc2C(F)(F)F)ccc1-n1c(=O)ccc2cc(S(=O)(=O)Nc3ccon3)ccc21. The predicted octanol–water partition coefficient (Wildman–Crippen LogP) is 5.47. The van der Waals surface area contributed by atoms with E-state index in [-0.39, 0.29) is 33.3 Å². The molecule has 0 atom stereocenters. The van der Waals surface area contributed by atoms with Crippen molar-refractivity contribution in [2.45, 2.75) is 11.1 Å². The number of halogens is 3. The molecule has 0 aliphatic heterocycles. The van der Waals surface area contributed by atoms with Crippen molar-refractivity contribution in [2.75, 3.05) is 11.8 Å². The summed E-state index contributed by atoms with van der Waals surface area (Å²) in [7, 11) is -2.66. The Bertz CT molecular complexity index is 1810. The molecule has 0 bridgehead atoms. The molecule has 0 saturated carbocycles. The molecule has 0 saturated heterocycles. The van der Waals surface area contributed by atoms with Crippen LogP contribution in [0.3, 0.4) is 0 Å². The van der Waals surface area contributed by atoms with Crippen molar-refractivity contribution in [3.05, 3.63) is 101 Å². The molecule has 1 N–H and O–H groups in total. The largest absolute Gasteiger partial charge is 0.495 e. The molecule has 8 nitrogen and oxygen atoms in total. The van der Waals surface area contributed by atoms with E-state index in [2.05, 4.69) is 14.4 Å². The van der Waals surface area contributed by atoms with Crippen LogP contribution in [0.15, 0.2) is 99.3 Å². The minimum atomic E-state index is -4.56. The first-order valence-electron chi connectivity index (χ1n) is 11.0. The molecule has 5 aromatic rings. The highest BCUT2D eigenvalue weighted by Crippen LogP contribution is 2.39. The van der Waals surface area contributed by atoms with Gasteiger partial charge in [-0.15, -0.1) is 0 Å². The standard InChI is InChI=1S/C26H18F3N3O5S/c1-36-23-15-16(19-4-2-3-5-20(19)26(27,28)29)6-9-22(23)32-21-10-8-18(14-17(21)7-11-25(32)33)38(34,35)31-24-12-13-37-30-24/h2-15H,1H3,(H,30,31). The fourth-order valence-corrected chi connectivity index (χ4v) is 5.14. The number of aromatic nitrogens is 2. The zero-order valence-electron chi connectivity index (χ0n) is 19.6. The smallest absolute Gasteiger partial charge is 0.417 e. The molecular weight excluding hydrogens is 523 g/mol. The molecule has 0 amide bonds. The highest BCUT2D eigenvalue weighted by molar-refractivity contribution is 7.92. The number of pyridine rings is 1. The summed E-state index contributed by atoms with van der Waals surface area (Å²) in [4.78, 5) is 12.9. The quantitative estimate of drug-likeness (QED) is 0.306. The minimum Gasteiger partial charge on any atom is -0.495 e. The number of ether oxygens (including phenoxy) is 1. The number of hydrogen-bond donors (Lipinski definition) is 1. The Kier molecular flexibility index (Phi) is 6.19. The van der Waals surface area contributed by atoms with Crippen molar-refractivity contribution in [3.8, 4) is 22.6 Å². The Morgan fingerprint density at radius 3 is 2.47 bits per heavy atom. The monoisotopic (exact) mass is 541 g/mol. The lowest BCUT2D eigenvalue weighted by Crippen LogP contribution is -2.19. The Balaban J connectivity index is 1.62. The number of nitrogens with zero attached hydrogens (tertiary/aromatic N) is 2. The highest BCUT2D eigenvalue weighted by atomic mass is 32.2. The maximum absolute atomic E-state index is 13.6. The average Bonchev–Trinajstić information content (AvgIpc) is 3.40. The molecule has 0 fully saturated rings. The van der Waals surface area contributed by atoms with Crippen molar-refractivity contribution in [1.29, 1.82) is 0 Å². The van der Waals surface area contributed by atoms with Gasteiger partial charge in [-0.2, -0.15) is 13.2 Å². The second kappa shape index (κ2) is 9.38. The first-order valence-corrected chi connectivity index (χ1v) is 12.5. The second-order valence-electron chi connectivity index (χ2n) is 8.15. The van der Waals surface area contributed by atoms with E-state index in [1.165, 1.54) is 90.7 Å². The fourth-order valence-electron chi connectivity index (χ4n) is 4.11. The van der Waals surface area contributed by atoms with Crippen LogP contribution >= 0.6 is 0 Å². The van der Waals surface area contributed by atoms with Crippen molar-refractivity contribution in [1.82, 2.24) is 9.72 Å². The molecule has 0 aliphatic carbocycles. The van der Waals surface area contributed by atoms with Crippen molar-refractivity contribution < 1.29 is 30.8 Å². The van der Waals surface area contributed by atoms with E-state index < -0.39 is 27.3 Å². The molecule has 12 heteroatoms. The van der Waals surface area contributed by atoms with Gasteiger partial charge in [0.1, 0.15) is 12.0 Å². The number of methoxy groups -OCH3 is 1. The van der Waals surface area contributed by atoms with Gasteiger partial charge in [-0.1, -0.05) is 29.4 Å². The number of anilines is 1. The minimum absolute atomic E-state index is 0.00647. The number of fused-ring (bicyclic) bond motifs is 1. The van der Waals surface area contributed by atoms with Gasteiger partial charge in [0.25, 0.3) is 15.6 Å². The number of benzene rings is 3. The molecule has 0 spiro atoms. The van der Waals surface area contributed by atoms with Gasteiger partial charge in [0.15, 0.2) is 5.82 Å². The lowest BCUT2D eigenvalue weighted by atomic mass is 9.98. The van der Waals surface area contributed by atoms with E-state index in [1.54, 1.807) is 0 Å². The van der Waals surface area contributed by atoms with Crippen LogP contribution < -0.4 is 15.0 Å². The average molecular weight is 542 g/mol. The summed E-state index contributed by atoms with van der Waals surface area (Å²) in [6.07, 6.45) is -3.34. The molecule has 194 valence electrons. The van der Waals surface area contributed by atoms with Crippen molar-refractivity contribution in [3.63, 3.8) is 0 Å². The van der Waals surface area contributed by atoms with Crippen LogP contribution in [0.4, 0.5) is 19.0 Å². The number of rotatable bonds is 6. The molecule has 0 radical (unpaired) electrons. The van der Waals surface area contributed by atoms with E-state index in [0.29, 0.717) is 10.9 Å². The summed E-state index contributed by atoms with van der Waals surface area (Å²) >= 11 is 0. The number of alkyl halides is 3. The van der Waals surface area contributed by atoms with Crippen LogP contribution in [0.2, 0.25) is 0 Å². The van der Waals surface area contributed by atoms with Crippen LogP contribution in [0.1, 0.15) is 5.56 Å². The Labute approximate surface area is 213 Å². The van der Waals surface area contributed by atoms with E-state index in [4.69, 9.17) is 4.74 Å². The third kappa shape index (κ3) is 4.61. The van der Waals surface area contributed by atoms with Gasteiger partial charge in [0.2, 0.25) is 0 Å². The predicted molar refractivity (Wildman–Crippen MR) is 134 cm³/mol. The van der Waals surface area contributed by atoms with Crippen LogP contribution in [-0.4, -0.2) is 25.3 Å². The van der Waals surface area contributed by atoms with Crippen LogP contribution in [-0.2, 0) is 16.2 Å². The van der Waals surface area contributed by atoms with Gasteiger partial charge in [0.05, 0.1) is 28.8 Å². The fraction of sp³-hybridized carbons (Fsp3) is 0.0769. The summed E-state index contributed by atoms with van der Waals surface area (Å²) in [5.74, 6) is 0.158. The van der Waals surface area contributed by atoms with Crippen LogP contribution in [0.25, 0.3) is 27.7 Å². The van der Waals surface area contributed by atoms with Gasteiger partial charge in [-0.05, 0) is 53.6 Å². The third-order valence-electron chi connectivity index (χ3n) is 5.82. The Hall–Kier alpha value is -4.58. The van der Waals surface area contributed by atoms with E-state index in [9.17, 15) is 26.4 Å². The van der Waals surface area contributed by atoms with Crippen molar-refractivity contribution in [2.24, 2.45) is 0 Å². The van der Waals surface area contributed by atoms with E-state index in [0.717, 1.165) is 6.07 Å². The van der Waals surface area contributed by atoms with Gasteiger partial charge in [0, 0.05) is 17.5 Å². The first kappa shape index (κ1) is 25.1. The molecule has 0 unspecified atom stereocenters. The van der Waals surface area contributed by atoms with Crippen molar-refractivity contribution >= 4 is 26.7 Å². The topological polar surface area (TPSA) is 103 Å². The van der Waals surface area contributed by atoms with Crippen LogP contribution in [0, 0.1) is 0 Å². The summed E-state index contributed by atoms with van der Waals surface area (Å²) in [6, 6.07) is 17.8. The maximum Gasteiger partial charge on any atom is 0.417 e. The van der Waals surface area contributed by atoms with Gasteiger partial charge < -0.3 is 9.26 Å². The van der Waals surface area contributed by atoms with E-state index in [1.807, 2.05) is 0 Å². The van der Waals surface area contributed by atoms with Gasteiger partial charge in [-0.3, -0.25) is 14.1 Å². The normalized spacial score (nSPS) is 12.0. The lowest BCUT2D eigenvalue weighted by molar-refractivity contribution is -0.137. The van der Waals surface area contributed by atoms with Crippen LogP contribution in [0.5, 0.6) is 5.75 Å². The van der Waals surface area contributed by atoms with Gasteiger partial charge >= 0.3 is 6.18 Å². The summed E-state index contributed by atoms with van der Waals surface area (Å²) in [6.45, 7) is 0. The van der Waals surface area contributed by atoms with E-state index >= 15 is 0 Å². The molecule has 2 aromatic heterocycles. The molecule has 5 rings (SSSR count). The second-order valence-corrected chi connectivity index (χ2v) is 9.83. The third-order valence-corrected chi connectivity index (χ3v) is 7.17.